The number of hydrogen-bond donors (Lipinski definition) is 0. The van der Waals surface area contributed by atoms with E-state index < -0.39 is 0 Å². The van der Waals surface area contributed by atoms with Crippen LogP contribution in [0.25, 0.3) is 0 Å². The van der Waals surface area contributed by atoms with Crippen molar-refractivity contribution in [2.45, 2.75) is 24.9 Å². The van der Waals surface area contributed by atoms with Crippen molar-refractivity contribution in [2.75, 3.05) is 11.5 Å². The third kappa shape index (κ3) is 18.4. The van der Waals surface area contributed by atoms with E-state index in [2.05, 4.69) is 21.6 Å². The maximum absolute atomic E-state index is 5.83. The molecule has 0 aromatic carbocycles. The van der Waals surface area contributed by atoms with Gasteiger partial charge in [-0.1, -0.05) is 21.6 Å². The quantitative estimate of drug-likeness (QED) is 0.149. The monoisotopic (exact) mass is 422 g/mol. The van der Waals surface area contributed by atoms with E-state index in [1.165, 1.54) is 56.0 Å². The second kappa shape index (κ2) is 19.4. The summed E-state index contributed by atoms with van der Waals surface area (Å²) >= 11 is 0. The van der Waals surface area contributed by atoms with Gasteiger partial charge in [0.1, 0.15) is 38.1 Å². The smallest absolute Gasteiger partial charge is 0.145 e. The van der Waals surface area contributed by atoms with Crippen molar-refractivity contribution in [2.24, 2.45) is 0 Å². The average Bonchev–Trinajstić information content (AvgIpc) is 2.39. The zero-order chi connectivity index (χ0) is 13.3. The lowest BCUT2D eigenvalue weighted by molar-refractivity contribution is 0.650. The first-order chi connectivity index (χ1) is 8.91. The molecule has 0 spiro atoms. The fourth-order valence-corrected chi connectivity index (χ4v) is 35.3. The Kier molecular flexibility index (Phi) is 21.9. The highest BCUT2D eigenvalue weighted by molar-refractivity contribution is 8.76. The van der Waals surface area contributed by atoms with E-state index >= 15 is 0 Å². The molecule has 0 atom stereocenters. The van der Waals surface area contributed by atoms with Crippen molar-refractivity contribution in [3.63, 3.8) is 0 Å². The predicted molar refractivity (Wildman–Crippen MR) is 117 cm³/mol. The van der Waals surface area contributed by atoms with Crippen molar-refractivity contribution in [1.29, 1.82) is 0 Å². The SMILES string of the molecule is [SiH3][SiH2][SiH2]O[SiH2]CCCSSCCC[SiH2]O[SiH2][SiH2][SiH3]. The zero-order valence-corrected chi connectivity index (χ0v) is 26.2. The zero-order valence-electron chi connectivity index (χ0n) is 12.1. The molecule has 0 saturated carbocycles. The molecule has 2 nitrogen and oxygen atoms in total. The molecule has 0 unspecified atom stereocenters. The van der Waals surface area contributed by atoms with Crippen LogP contribution in [0.3, 0.4) is 0 Å². The van der Waals surface area contributed by atoms with E-state index in [0.717, 1.165) is 0 Å². The molecule has 0 aromatic rings. The van der Waals surface area contributed by atoms with Crippen LogP contribution in [0.4, 0.5) is 0 Å². The molecule has 0 radical (unpaired) electrons. The van der Waals surface area contributed by atoms with Crippen molar-refractivity contribution < 1.29 is 8.23 Å². The lowest BCUT2D eigenvalue weighted by atomic mass is 10.6. The minimum absolute atomic E-state index is 0.0606. The molecular formula is C6H30O2S2Si8. The fraction of sp³-hybridized carbons (Fsp3) is 1.00. The van der Waals surface area contributed by atoms with Crippen LogP contribution in [0.5, 0.6) is 0 Å². The lowest BCUT2D eigenvalue weighted by Crippen LogP contribution is -2.11. The maximum Gasteiger partial charge on any atom is 0.145 e. The second-order valence-corrected chi connectivity index (χ2v) is 41.7. The summed E-state index contributed by atoms with van der Waals surface area (Å²) in [6.07, 6.45) is 2.82. The van der Waals surface area contributed by atoms with Crippen molar-refractivity contribution in [1.82, 2.24) is 0 Å². The van der Waals surface area contributed by atoms with Crippen molar-refractivity contribution in [3.05, 3.63) is 0 Å². The standard InChI is InChI=1S/C6H30O2S2Si8/c11-17-15-7-13-5-1-3-9-10-4-2-6-14-8-16-18-12/h1-6,13-18H2,11-12H3. The van der Waals surface area contributed by atoms with Crippen LogP contribution in [-0.2, 0) is 8.23 Å². The van der Waals surface area contributed by atoms with Gasteiger partial charge in [0.2, 0.25) is 0 Å². The molecular weight excluding hydrogens is 393 g/mol. The Morgan fingerprint density at radius 3 is 1.61 bits per heavy atom. The van der Waals surface area contributed by atoms with Crippen LogP contribution in [-0.4, -0.2) is 86.2 Å². The van der Waals surface area contributed by atoms with Gasteiger partial charge in [0.05, 0.1) is 0 Å². The van der Waals surface area contributed by atoms with Gasteiger partial charge in [-0.05, 0) is 44.4 Å². The number of rotatable bonds is 15. The molecule has 12 heteroatoms. The van der Waals surface area contributed by atoms with Crippen LogP contribution < -0.4 is 0 Å². The Labute approximate surface area is 140 Å². The molecule has 0 rings (SSSR count). The predicted octanol–water partition coefficient (Wildman–Crippen LogP) is -4.92. The molecule has 0 bridgehead atoms. The first-order valence-electron chi connectivity index (χ1n) is 7.31. The second-order valence-electron chi connectivity index (χ2n) is 4.28. The van der Waals surface area contributed by atoms with Crippen molar-refractivity contribution >= 4 is 96.3 Å². The third-order valence-corrected chi connectivity index (χ3v) is 26.9. The highest BCUT2D eigenvalue weighted by Crippen LogP contribution is 2.23. The summed E-state index contributed by atoms with van der Waals surface area (Å²) < 4.78 is 11.7. The molecule has 0 fully saturated rings. The van der Waals surface area contributed by atoms with Crippen LogP contribution in [0, 0.1) is 0 Å². The van der Waals surface area contributed by atoms with Gasteiger partial charge in [0, 0.05) is 28.6 Å². The normalized spacial score (nSPS) is 15.3. The Morgan fingerprint density at radius 1 is 0.778 bits per heavy atom. The molecule has 18 heavy (non-hydrogen) atoms. The highest BCUT2D eigenvalue weighted by atomic mass is 33.1. The highest BCUT2D eigenvalue weighted by Gasteiger charge is 1.95. The third-order valence-electron chi connectivity index (χ3n) is 2.31. The summed E-state index contributed by atoms with van der Waals surface area (Å²) in [5.74, 6) is 2.71. The molecule has 0 saturated heterocycles. The Morgan fingerprint density at radius 2 is 1.22 bits per heavy atom. The Hall–Kier alpha value is 2.36. The topological polar surface area (TPSA) is 18.5 Å². The average molecular weight is 423 g/mol. The van der Waals surface area contributed by atoms with Crippen molar-refractivity contribution in [3.8, 4) is 0 Å². The van der Waals surface area contributed by atoms with Crippen LogP contribution in [0.2, 0.25) is 12.1 Å². The maximum atomic E-state index is 5.83. The van der Waals surface area contributed by atoms with Gasteiger partial charge in [0.15, 0.2) is 0 Å². The van der Waals surface area contributed by atoms with E-state index in [-0.39, 0.29) is 38.1 Å². The minimum atomic E-state index is -0.0606. The Balaban J connectivity index is 2.86. The van der Waals surface area contributed by atoms with E-state index in [0.29, 0.717) is 17.1 Å². The summed E-state index contributed by atoms with van der Waals surface area (Å²) in [5, 5.41) is 0. The van der Waals surface area contributed by atoms with Crippen LogP contribution in [0.15, 0.2) is 0 Å². The van der Waals surface area contributed by atoms with Gasteiger partial charge in [-0.25, -0.2) is 0 Å². The Bertz CT molecular complexity index is 144. The van der Waals surface area contributed by atoms with E-state index in [4.69, 9.17) is 8.23 Å². The first-order valence-corrected chi connectivity index (χ1v) is 33.4. The lowest BCUT2D eigenvalue weighted by Gasteiger charge is -2.03. The van der Waals surface area contributed by atoms with E-state index in [9.17, 15) is 0 Å². The molecule has 110 valence electrons. The largest absolute Gasteiger partial charge is 0.468 e. The molecule has 0 N–H and O–H groups in total. The summed E-state index contributed by atoms with van der Waals surface area (Å²) in [6.45, 7) is 0. The van der Waals surface area contributed by atoms with Gasteiger partial charge in [0.25, 0.3) is 0 Å². The van der Waals surface area contributed by atoms with Crippen LogP contribution >= 0.6 is 21.6 Å². The minimum Gasteiger partial charge on any atom is -0.468 e. The summed E-state index contributed by atoms with van der Waals surface area (Å²) in [4.78, 5) is 0. The first kappa shape index (κ1) is 20.4. The van der Waals surface area contributed by atoms with Gasteiger partial charge < -0.3 is 8.23 Å². The molecule has 0 aliphatic rings. The summed E-state index contributed by atoms with van der Waals surface area (Å²) in [7, 11) is 8.15. The summed E-state index contributed by atoms with van der Waals surface area (Å²) in [5.41, 5.74) is 0. The number of hydrogen-bond acceptors (Lipinski definition) is 4. The molecule has 0 amide bonds. The molecule has 0 heterocycles. The molecule has 0 aliphatic heterocycles. The van der Waals surface area contributed by atoms with Crippen LogP contribution in [0.1, 0.15) is 12.8 Å². The summed E-state index contributed by atoms with van der Waals surface area (Å²) in [6, 6.07) is 2.87. The van der Waals surface area contributed by atoms with Gasteiger partial charge >= 0.3 is 0 Å². The van der Waals surface area contributed by atoms with E-state index in [1.807, 2.05) is 0 Å². The van der Waals surface area contributed by atoms with Gasteiger partial charge in [-0.2, -0.15) is 0 Å². The molecule has 0 aliphatic carbocycles. The van der Waals surface area contributed by atoms with E-state index in [1.54, 1.807) is 0 Å². The van der Waals surface area contributed by atoms with Gasteiger partial charge in [-0.3, -0.25) is 0 Å². The molecule has 0 aromatic heterocycles. The fourth-order valence-electron chi connectivity index (χ4n) is 1.34. The van der Waals surface area contributed by atoms with Gasteiger partial charge in [-0.15, -0.1) is 0 Å².